The van der Waals surface area contributed by atoms with E-state index in [4.69, 9.17) is 0 Å². The molecule has 28 heavy (non-hydrogen) atoms. The number of alkyl halides is 3. The van der Waals surface area contributed by atoms with Gasteiger partial charge in [0, 0.05) is 25.8 Å². The van der Waals surface area contributed by atoms with Crippen LogP contribution >= 0.6 is 0 Å². The molecule has 1 aromatic heterocycles. The number of benzene rings is 1. The van der Waals surface area contributed by atoms with Crippen LogP contribution in [0, 0.1) is 0 Å². The van der Waals surface area contributed by atoms with Crippen molar-refractivity contribution in [1.82, 2.24) is 9.88 Å². The first kappa shape index (κ1) is 20.4. The maximum Gasteiger partial charge on any atom is 0.534 e. The number of nitrogens with one attached hydrogen (secondary N) is 1. The zero-order chi connectivity index (χ0) is 20.2. The third kappa shape index (κ3) is 5.14. The fourth-order valence-electron chi connectivity index (χ4n) is 3.09. The van der Waals surface area contributed by atoms with E-state index in [2.05, 4.69) is 19.4 Å². The Kier molecular flexibility index (Phi) is 6.09. The maximum absolute atomic E-state index is 12.4. The van der Waals surface area contributed by atoms with Gasteiger partial charge in [-0.3, -0.25) is 0 Å². The molecule has 0 radical (unpaired) electrons. The van der Waals surface area contributed by atoms with Gasteiger partial charge in [-0.05, 0) is 48.7 Å². The van der Waals surface area contributed by atoms with E-state index >= 15 is 0 Å². The van der Waals surface area contributed by atoms with Crippen molar-refractivity contribution in [1.29, 1.82) is 0 Å². The van der Waals surface area contributed by atoms with E-state index in [0.29, 0.717) is 0 Å². The van der Waals surface area contributed by atoms with Crippen LogP contribution in [0.1, 0.15) is 17.9 Å². The van der Waals surface area contributed by atoms with Gasteiger partial charge in [0.1, 0.15) is 11.6 Å². The summed E-state index contributed by atoms with van der Waals surface area (Å²) < 4.78 is 63.3. The van der Waals surface area contributed by atoms with Gasteiger partial charge in [-0.15, -0.1) is 0 Å². The Labute approximate surface area is 161 Å². The topological polar surface area (TPSA) is 71.5 Å². The SMILES string of the molecule is O=S(=O)(Oc1ccc(C2CCN(CCNc3ccccn3)C2)cc1)C(F)(F)F. The highest BCUT2D eigenvalue weighted by Crippen LogP contribution is 2.30. The molecule has 1 atom stereocenters. The Morgan fingerprint density at radius 1 is 1.18 bits per heavy atom. The average molecular weight is 415 g/mol. The molecule has 1 fully saturated rings. The van der Waals surface area contributed by atoms with Crippen molar-refractivity contribution >= 4 is 15.9 Å². The molecule has 1 saturated heterocycles. The fraction of sp³-hybridized carbons (Fsp3) is 0.389. The van der Waals surface area contributed by atoms with Gasteiger partial charge in [-0.2, -0.15) is 21.6 Å². The van der Waals surface area contributed by atoms with Gasteiger partial charge in [0.05, 0.1) is 0 Å². The van der Waals surface area contributed by atoms with Gasteiger partial charge in [-0.25, -0.2) is 4.98 Å². The molecule has 0 spiro atoms. The zero-order valence-electron chi connectivity index (χ0n) is 14.9. The summed E-state index contributed by atoms with van der Waals surface area (Å²) in [5.74, 6) is 0.709. The molecule has 0 saturated carbocycles. The lowest BCUT2D eigenvalue weighted by Crippen LogP contribution is -2.28. The van der Waals surface area contributed by atoms with Crippen LogP contribution in [0.2, 0.25) is 0 Å². The second-order valence-electron chi connectivity index (χ2n) is 6.48. The maximum atomic E-state index is 12.4. The molecule has 2 heterocycles. The van der Waals surface area contributed by atoms with E-state index in [1.165, 1.54) is 12.1 Å². The Bertz CT molecular complexity index is 874. The number of rotatable bonds is 7. The van der Waals surface area contributed by atoms with E-state index < -0.39 is 15.6 Å². The molecule has 2 aromatic rings. The summed E-state index contributed by atoms with van der Waals surface area (Å²) in [5.41, 5.74) is -4.50. The number of halogens is 3. The number of hydrogen-bond acceptors (Lipinski definition) is 6. The molecule has 0 bridgehead atoms. The molecule has 1 aromatic carbocycles. The third-order valence-corrected chi connectivity index (χ3v) is 5.49. The molecule has 1 aliphatic heterocycles. The van der Waals surface area contributed by atoms with Crippen LogP contribution in [0.25, 0.3) is 0 Å². The van der Waals surface area contributed by atoms with E-state index in [1.54, 1.807) is 18.3 Å². The lowest BCUT2D eigenvalue weighted by Gasteiger charge is -2.17. The van der Waals surface area contributed by atoms with Crippen LogP contribution in [0.4, 0.5) is 19.0 Å². The fourth-order valence-corrected chi connectivity index (χ4v) is 3.55. The Balaban J connectivity index is 1.50. The monoisotopic (exact) mass is 415 g/mol. The number of aromatic nitrogens is 1. The largest absolute Gasteiger partial charge is 0.534 e. The first-order valence-electron chi connectivity index (χ1n) is 8.72. The summed E-state index contributed by atoms with van der Waals surface area (Å²) >= 11 is 0. The second kappa shape index (κ2) is 8.36. The minimum absolute atomic E-state index is 0.239. The summed E-state index contributed by atoms with van der Waals surface area (Å²) in [7, 11) is -5.64. The Morgan fingerprint density at radius 2 is 1.93 bits per heavy atom. The van der Waals surface area contributed by atoms with Gasteiger partial charge in [-0.1, -0.05) is 18.2 Å². The molecule has 3 rings (SSSR count). The lowest BCUT2D eigenvalue weighted by molar-refractivity contribution is -0.0500. The van der Waals surface area contributed by atoms with Gasteiger partial charge in [0.15, 0.2) is 0 Å². The lowest BCUT2D eigenvalue weighted by atomic mass is 9.98. The number of anilines is 1. The predicted octanol–water partition coefficient (Wildman–Crippen LogP) is 3.21. The molecular weight excluding hydrogens is 395 g/mol. The van der Waals surface area contributed by atoms with Crippen molar-refractivity contribution in [2.24, 2.45) is 0 Å². The van der Waals surface area contributed by atoms with Crippen molar-refractivity contribution in [3.63, 3.8) is 0 Å². The predicted molar refractivity (Wildman–Crippen MR) is 98.6 cm³/mol. The van der Waals surface area contributed by atoms with E-state index in [-0.39, 0.29) is 11.7 Å². The molecule has 152 valence electrons. The van der Waals surface area contributed by atoms with E-state index in [9.17, 15) is 21.6 Å². The second-order valence-corrected chi connectivity index (χ2v) is 8.02. The highest BCUT2D eigenvalue weighted by atomic mass is 32.2. The summed E-state index contributed by atoms with van der Waals surface area (Å²) in [5, 5.41) is 3.25. The summed E-state index contributed by atoms with van der Waals surface area (Å²) in [6.45, 7) is 3.34. The van der Waals surface area contributed by atoms with E-state index in [1.807, 2.05) is 18.2 Å². The molecule has 0 aliphatic carbocycles. The minimum Gasteiger partial charge on any atom is -0.376 e. The first-order chi connectivity index (χ1) is 13.2. The third-order valence-electron chi connectivity index (χ3n) is 4.51. The number of nitrogens with zero attached hydrogens (tertiary/aromatic N) is 2. The van der Waals surface area contributed by atoms with Crippen molar-refractivity contribution in [2.75, 3.05) is 31.5 Å². The average Bonchev–Trinajstić information content (AvgIpc) is 3.11. The van der Waals surface area contributed by atoms with Crippen molar-refractivity contribution in [2.45, 2.75) is 17.8 Å². The summed E-state index contributed by atoms with van der Waals surface area (Å²) in [6, 6.07) is 11.4. The molecule has 0 amide bonds. The standard InChI is InChI=1S/C18H20F3N3O3S/c19-18(20,21)28(25,26)27-16-6-4-14(5-7-16)15-8-11-24(13-15)12-10-23-17-3-1-2-9-22-17/h1-7,9,15H,8,10-13H2,(H,22,23). The smallest absolute Gasteiger partial charge is 0.376 e. The Hall–Kier alpha value is -2.33. The quantitative estimate of drug-likeness (QED) is 0.553. The highest BCUT2D eigenvalue weighted by Gasteiger charge is 2.48. The summed E-state index contributed by atoms with van der Waals surface area (Å²) in [4.78, 5) is 6.49. The van der Waals surface area contributed by atoms with Crippen molar-refractivity contribution in [3.05, 3.63) is 54.2 Å². The van der Waals surface area contributed by atoms with Gasteiger partial charge >= 0.3 is 15.6 Å². The molecule has 10 heteroatoms. The van der Waals surface area contributed by atoms with Crippen LogP contribution in [0.5, 0.6) is 5.75 Å². The summed E-state index contributed by atoms with van der Waals surface area (Å²) in [6.07, 6.45) is 2.65. The van der Waals surface area contributed by atoms with Crippen LogP contribution in [-0.4, -0.2) is 50.0 Å². The molecule has 1 N–H and O–H groups in total. The van der Waals surface area contributed by atoms with Crippen LogP contribution < -0.4 is 9.50 Å². The van der Waals surface area contributed by atoms with Gasteiger partial charge in [0.25, 0.3) is 0 Å². The molecule has 1 unspecified atom stereocenters. The van der Waals surface area contributed by atoms with Gasteiger partial charge in [0.2, 0.25) is 0 Å². The number of likely N-dealkylation sites (tertiary alicyclic amines) is 1. The van der Waals surface area contributed by atoms with Crippen LogP contribution in [-0.2, 0) is 10.1 Å². The van der Waals surface area contributed by atoms with Crippen molar-refractivity contribution in [3.8, 4) is 5.75 Å². The van der Waals surface area contributed by atoms with E-state index in [0.717, 1.165) is 44.0 Å². The minimum atomic E-state index is -5.64. The van der Waals surface area contributed by atoms with Gasteiger partial charge < -0.3 is 14.4 Å². The first-order valence-corrected chi connectivity index (χ1v) is 10.1. The molecule has 6 nitrogen and oxygen atoms in total. The molecular formula is C18H20F3N3O3S. The number of hydrogen-bond donors (Lipinski definition) is 1. The van der Waals surface area contributed by atoms with Crippen LogP contribution in [0.3, 0.4) is 0 Å². The zero-order valence-corrected chi connectivity index (χ0v) is 15.7. The normalized spacial score (nSPS) is 18.2. The number of pyridine rings is 1. The Morgan fingerprint density at radius 3 is 2.57 bits per heavy atom. The molecule has 1 aliphatic rings. The van der Waals surface area contributed by atoms with Crippen LogP contribution in [0.15, 0.2) is 48.7 Å². The highest BCUT2D eigenvalue weighted by molar-refractivity contribution is 7.88. The van der Waals surface area contributed by atoms with Crippen molar-refractivity contribution < 1.29 is 25.8 Å².